The predicted octanol–water partition coefficient (Wildman–Crippen LogP) is 4.13. The molecule has 0 N–H and O–H groups in total. The van der Waals surface area contributed by atoms with Crippen molar-refractivity contribution in [1.82, 2.24) is 0 Å². The van der Waals surface area contributed by atoms with Gasteiger partial charge in [-0.1, -0.05) is 54.6 Å². The van der Waals surface area contributed by atoms with Crippen LogP contribution in [-0.4, -0.2) is 0 Å². The molecule has 21 heavy (non-hydrogen) atoms. The first-order chi connectivity index (χ1) is 9.82. The fraction of sp³-hybridized carbons (Fsp3) is 0. The van der Waals surface area contributed by atoms with Crippen LogP contribution in [0.15, 0.2) is 91.0 Å². The molecular weight excluding hydrogens is 480 g/mol. The molecule has 109 valence electrons. The van der Waals surface area contributed by atoms with Gasteiger partial charge in [-0.25, -0.2) is 0 Å². The number of hydrogen-bond acceptors (Lipinski definition) is 0. The minimum absolute atomic E-state index is 0. The molecule has 3 aromatic carbocycles. The summed E-state index contributed by atoms with van der Waals surface area (Å²) < 4.78 is 0. The maximum absolute atomic E-state index is 7.23. The molecule has 0 unspecified atom stereocenters. The predicted molar refractivity (Wildman–Crippen MR) is 91.0 cm³/mol. The summed E-state index contributed by atoms with van der Waals surface area (Å²) in [5.41, 5.74) is 0. The summed E-state index contributed by atoms with van der Waals surface area (Å²) in [6, 6.07) is 31.2. The van der Waals surface area contributed by atoms with Crippen molar-refractivity contribution in [3.63, 3.8) is 0 Å². The Bertz CT molecular complexity index is 575. The van der Waals surface area contributed by atoms with Crippen LogP contribution < -0.4 is 15.9 Å². The van der Waals surface area contributed by atoms with Gasteiger partial charge in [-0.15, -0.1) is 0 Å². The van der Waals surface area contributed by atoms with Crippen molar-refractivity contribution >= 4 is 33.8 Å². The summed E-state index contributed by atoms with van der Waals surface area (Å²) in [4.78, 5) is 0. The molecule has 0 amide bonds. The monoisotopic (exact) mass is 494 g/mol. The van der Waals surface area contributed by atoms with Gasteiger partial charge in [0.15, 0.2) is 0 Å². The van der Waals surface area contributed by atoms with Crippen LogP contribution in [0.25, 0.3) is 0 Å². The van der Waals surface area contributed by atoms with E-state index in [-0.39, 0.29) is 22.4 Å². The van der Waals surface area contributed by atoms with Gasteiger partial charge in [0.25, 0.3) is 0 Å². The molecule has 0 aliphatic rings. The number of hydrogen-bond donors (Lipinski definition) is 0. The first kappa shape index (κ1) is 16.5. The SMILES string of the molecule is Cl[P+](c1ccccc1)(c1ccccc1)c1ccccc1.[Au]. The van der Waals surface area contributed by atoms with Crippen LogP contribution in [0.3, 0.4) is 0 Å². The Morgan fingerprint density at radius 1 is 0.476 bits per heavy atom. The Hall–Kier alpha value is -0.880. The third kappa shape index (κ3) is 3.31. The van der Waals surface area contributed by atoms with Crippen LogP contribution >= 0.6 is 17.9 Å². The van der Waals surface area contributed by atoms with Crippen molar-refractivity contribution in [2.75, 3.05) is 0 Å². The van der Waals surface area contributed by atoms with Crippen molar-refractivity contribution in [3.8, 4) is 0 Å². The molecular formula is C18H15AuClP+. The molecule has 0 fully saturated rings. The Morgan fingerprint density at radius 3 is 0.952 bits per heavy atom. The Morgan fingerprint density at radius 2 is 0.714 bits per heavy atom. The van der Waals surface area contributed by atoms with Crippen LogP contribution in [0.4, 0.5) is 0 Å². The Balaban J connectivity index is 0.00000161. The molecule has 0 bridgehead atoms. The fourth-order valence-electron chi connectivity index (χ4n) is 2.35. The van der Waals surface area contributed by atoms with Gasteiger partial charge >= 0.3 is 0 Å². The third-order valence-corrected chi connectivity index (χ3v) is 8.12. The standard InChI is InChI=1S/C18H15ClP.Au/c19-20(16-10-4-1-5-11-16,17-12-6-2-7-13-17)18-14-8-3-9-15-18;/h1-15H;/q+1;. The van der Waals surface area contributed by atoms with Gasteiger partial charge in [0.1, 0.15) is 27.2 Å². The van der Waals surface area contributed by atoms with Gasteiger partial charge in [-0.2, -0.15) is 0 Å². The van der Waals surface area contributed by atoms with Crippen molar-refractivity contribution in [3.05, 3.63) is 91.0 Å². The second-order valence-electron chi connectivity index (χ2n) is 4.60. The Labute approximate surface area is 146 Å². The largest absolute Gasteiger partial charge is 0.210 e. The maximum Gasteiger partial charge on any atom is 0.210 e. The molecule has 0 nitrogen and oxygen atoms in total. The minimum Gasteiger partial charge on any atom is -0.0620 e. The van der Waals surface area contributed by atoms with E-state index >= 15 is 0 Å². The third-order valence-electron chi connectivity index (χ3n) is 3.34. The summed E-state index contributed by atoms with van der Waals surface area (Å²) in [7, 11) is 0. The molecule has 0 heterocycles. The molecule has 0 atom stereocenters. The quantitative estimate of drug-likeness (QED) is 0.379. The average molecular weight is 495 g/mol. The number of halogens is 1. The average Bonchev–Trinajstić information content (AvgIpc) is 2.56. The van der Waals surface area contributed by atoms with Gasteiger partial charge in [0.05, 0.1) is 0 Å². The molecule has 0 aliphatic heterocycles. The van der Waals surface area contributed by atoms with Gasteiger partial charge in [-0.05, 0) is 36.4 Å². The molecule has 3 rings (SSSR count). The minimum atomic E-state index is -2.05. The molecule has 0 aliphatic carbocycles. The zero-order valence-corrected chi connectivity index (χ0v) is 15.1. The van der Waals surface area contributed by atoms with E-state index in [1.165, 1.54) is 15.9 Å². The van der Waals surface area contributed by atoms with Crippen molar-refractivity contribution in [1.29, 1.82) is 0 Å². The first-order valence-corrected chi connectivity index (χ1v) is 9.27. The van der Waals surface area contributed by atoms with E-state index in [2.05, 4.69) is 72.8 Å². The van der Waals surface area contributed by atoms with Crippen molar-refractivity contribution in [2.24, 2.45) is 0 Å². The molecule has 1 radical (unpaired) electrons. The van der Waals surface area contributed by atoms with Crippen LogP contribution in [0.2, 0.25) is 0 Å². The van der Waals surface area contributed by atoms with Crippen LogP contribution in [0.5, 0.6) is 0 Å². The van der Waals surface area contributed by atoms with Crippen molar-refractivity contribution in [2.45, 2.75) is 0 Å². The van der Waals surface area contributed by atoms with Crippen LogP contribution in [-0.2, 0) is 22.4 Å². The summed E-state index contributed by atoms with van der Waals surface area (Å²) >= 11 is 7.23. The smallest absolute Gasteiger partial charge is 0.0620 e. The van der Waals surface area contributed by atoms with Crippen LogP contribution in [0.1, 0.15) is 0 Å². The second-order valence-corrected chi connectivity index (χ2v) is 8.84. The Kier molecular flexibility index (Phi) is 5.81. The van der Waals surface area contributed by atoms with Crippen LogP contribution in [0, 0.1) is 0 Å². The van der Waals surface area contributed by atoms with E-state index in [0.29, 0.717) is 0 Å². The first-order valence-electron chi connectivity index (χ1n) is 6.57. The van der Waals surface area contributed by atoms with Gasteiger partial charge in [-0.3, -0.25) is 0 Å². The topological polar surface area (TPSA) is 0 Å². The van der Waals surface area contributed by atoms with E-state index in [1.54, 1.807) is 0 Å². The molecule has 0 saturated carbocycles. The van der Waals surface area contributed by atoms with Gasteiger partial charge in [0.2, 0.25) is 6.62 Å². The summed E-state index contributed by atoms with van der Waals surface area (Å²) in [6.07, 6.45) is 0. The summed E-state index contributed by atoms with van der Waals surface area (Å²) in [5, 5.41) is 3.58. The molecule has 0 saturated heterocycles. The number of benzene rings is 3. The fourth-order valence-corrected chi connectivity index (χ4v) is 6.00. The van der Waals surface area contributed by atoms with E-state index in [4.69, 9.17) is 11.2 Å². The molecule has 3 aromatic rings. The summed E-state index contributed by atoms with van der Waals surface area (Å²) in [5.74, 6) is 0. The van der Waals surface area contributed by atoms with Gasteiger partial charge in [0, 0.05) is 22.4 Å². The van der Waals surface area contributed by atoms with E-state index in [9.17, 15) is 0 Å². The molecule has 3 heteroatoms. The summed E-state index contributed by atoms with van der Waals surface area (Å²) in [6.45, 7) is -2.05. The van der Waals surface area contributed by atoms with Crippen molar-refractivity contribution < 1.29 is 22.4 Å². The zero-order valence-electron chi connectivity index (χ0n) is 11.3. The van der Waals surface area contributed by atoms with E-state index in [0.717, 1.165) is 0 Å². The van der Waals surface area contributed by atoms with E-state index < -0.39 is 6.62 Å². The second kappa shape index (κ2) is 7.40. The molecule has 0 aromatic heterocycles. The maximum atomic E-state index is 7.23. The molecule has 0 spiro atoms. The number of rotatable bonds is 3. The van der Waals surface area contributed by atoms with Gasteiger partial charge < -0.3 is 0 Å². The van der Waals surface area contributed by atoms with E-state index in [1.807, 2.05) is 18.2 Å². The normalized spacial score (nSPS) is 10.7. The zero-order chi connectivity index (χ0) is 13.8.